The van der Waals surface area contributed by atoms with Crippen molar-refractivity contribution < 1.29 is 5.11 Å². The molecule has 5 heteroatoms. The molecular weight excluding hydrogens is 228 g/mol. The number of hydrogen-bond donors (Lipinski definition) is 1. The molecule has 0 saturated carbocycles. The van der Waals surface area contributed by atoms with E-state index in [0.29, 0.717) is 0 Å². The molecule has 0 amide bonds. The van der Waals surface area contributed by atoms with Gasteiger partial charge >= 0.3 is 0 Å². The summed E-state index contributed by atoms with van der Waals surface area (Å²) < 4.78 is 3.83. The Morgan fingerprint density at radius 1 is 1.28 bits per heavy atom. The minimum absolute atomic E-state index is 0.0537. The lowest BCUT2D eigenvalue weighted by Crippen LogP contribution is -2.03. The molecule has 0 aromatic carbocycles. The fourth-order valence-electron chi connectivity index (χ4n) is 2.16. The number of fused-ring (bicyclic) bond motifs is 1. The lowest BCUT2D eigenvalue weighted by atomic mass is 10.4. The van der Waals surface area contributed by atoms with Gasteiger partial charge in [-0.1, -0.05) is 13.0 Å². The van der Waals surface area contributed by atoms with E-state index in [4.69, 9.17) is 0 Å². The molecule has 0 radical (unpaired) electrons. The molecule has 0 aliphatic heterocycles. The Hall–Kier alpha value is -2.14. The number of aromatic nitrogens is 4. The van der Waals surface area contributed by atoms with E-state index in [1.165, 1.54) is 0 Å². The molecule has 0 spiro atoms. The molecule has 0 aliphatic rings. The Morgan fingerprint density at radius 3 is 2.94 bits per heavy atom. The highest BCUT2D eigenvalue weighted by molar-refractivity contribution is 5.49. The first kappa shape index (κ1) is 11.0. The second-order valence-corrected chi connectivity index (χ2v) is 4.04. The predicted octanol–water partition coefficient (Wildman–Crippen LogP) is 1.57. The number of imidazole rings is 2. The third-order valence-electron chi connectivity index (χ3n) is 3.02. The van der Waals surface area contributed by atoms with Gasteiger partial charge in [0.2, 0.25) is 0 Å². The molecular formula is C13H14N4O. The maximum absolute atomic E-state index is 9.57. The molecule has 0 saturated heterocycles. The van der Waals surface area contributed by atoms with Gasteiger partial charge in [0.25, 0.3) is 0 Å². The van der Waals surface area contributed by atoms with Crippen LogP contribution in [-0.4, -0.2) is 24.0 Å². The quantitative estimate of drug-likeness (QED) is 0.758. The first-order chi connectivity index (χ1) is 8.85. The summed E-state index contributed by atoms with van der Waals surface area (Å²) >= 11 is 0. The van der Waals surface area contributed by atoms with Gasteiger partial charge < -0.3 is 5.11 Å². The molecule has 5 nitrogen and oxygen atoms in total. The highest BCUT2D eigenvalue weighted by atomic mass is 16.3. The van der Waals surface area contributed by atoms with Crippen LogP contribution < -0.4 is 0 Å². The molecule has 3 aromatic heterocycles. The van der Waals surface area contributed by atoms with Crippen LogP contribution in [0.1, 0.15) is 18.4 Å². The van der Waals surface area contributed by atoms with Crippen LogP contribution in [0.25, 0.3) is 11.5 Å². The van der Waals surface area contributed by atoms with Crippen LogP contribution in [0.15, 0.2) is 36.8 Å². The van der Waals surface area contributed by atoms with Crippen molar-refractivity contribution in [1.29, 1.82) is 0 Å². The zero-order valence-corrected chi connectivity index (χ0v) is 10.1. The van der Waals surface area contributed by atoms with Crippen LogP contribution in [0.4, 0.5) is 0 Å². The molecule has 0 fully saturated rings. The number of aliphatic hydroxyl groups is 1. The number of pyridine rings is 1. The van der Waals surface area contributed by atoms with E-state index in [-0.39, 0.29) is 6.61 Å². The summed E-state index contributed by atoms with van der Waals surface area (Å²) in [6.45, 7) is 2.00. The molecule has 18 heavy (non-hydrogen) atoms. The molecule has 0 atom stereocenters. The van der Waals surface area contributed by atoms with Gasteiger partial charge in [0.15, 0.2) is 5.82 Å². The second kappa shape index (κ2) is 4.27. The Morgan fingerprint density at radius 2 is 2.17 bits per heavy atom. The minimum atomic E-state index is -0.0537. The van der Waals surface area contributed by atoms with Crippen molar-refractivity contribution in [3.63, 3.8) is 0 Å². The summed E-state index contributed by atoms with van der Waals surface area (Å²) in [5.74, 6) is 1.69. The number of rotatable bonds is 3. The molecule has 0 bridgehead atoms. The molecule has 3 heterocycles. The molecule has 92 valence electrons. The van der Waals surface area contributed by atoms with Gasteiger partial charge in [-0.25, -0.2) is 9.97 Å². The summed E-state index contributed by atoms with van der Waals surface area (Å²) in [6, 6.07) is 5.78. The fourth-order valence-corrected chi connectivity index (χ4v) is 2.16. The number of aliphatic hydroxyl groups excluding tert-OH is 1. The van der Waals surface area contributed by atoms with E-state index in [0.717, 1.165) is 29.4 Å². The zero-order valence-electron chi connectivity index (χ0n) is 10.1. The normalized spacial score (nSPS) is 11.2. The summed E-state index contributed by atoms with van der Waals surface area (Å²) in [5.41, 5.74) is 1.60. The van der Waals surface area contributed by atoms with Gasteiger partial charge in [-0.15, -0.1) is 0 Å². The average Bonchev–Trinajstić information content (AvgIpc) is 3.01. The van der Waals surface area contributed by atoms with Crippen molar-refractivity contribution in [2.24, 2.45) is 0 Å². The van der Waals surface area contributed by atoms with E-state index in [2.05, 4.69) is 9.97 Å². The Kier molecular flexibility index (Phi) is 2.60. The third kappa shape index (κ3) is 1.52. The number of aryl methyl sites for hydroxylation is 1. The van der Waals surface area contributed by atoms with Gasteiger partial charge in [0.1, 0.15) is 11.5 Å². The van der Waals surface area contributed by atoms with Crippen LogP contribution in [0.2, 0.25) is 0 Å². The molecule has 0 unspecified atom stereocenters. The van der Waals surface area contributed by atoms with Crippen LogP contribution in [0.5, 0.6) is 0 Å². The Balaban J connectivity index is 2.29. The standard InChI is InChI=1S/C13H14N4O/c1-2-11-14-6-8-17(11)13-10(9-18)16-7-4-3-5-12(16)15-13/h3-8,18H,2,9H2,1H3. The first-order valence-electron chi connectivity index (χ1n) is 5.94. The van der Waals surface area contributed by atoms with E-state index in [9.17, 15) is 5.11 Å². The predicted molar refractivity (Wildman–Crippen MR) is 67.6 cm³/mol. The minimum Gasteiger partial charge on any atom is -0.390 e. The number of nitrogens with zero attached hydrogens (tertiary/aromatic N) is 4. The topological polar surface area (TPSA) is 55.4 Å². The van der Waals surface area contributed by atoms with Crippen LogP contribution in [0, 0.1) is 0 Å². The first-order valence-corrected chi connectivity index (χ1v) is 5.94. The highest BCUT2D eigenvalue weighted by Gasteiger charge is 2.14. The SMILES string of the molecule is CCc1nccn1-c1nc2ccccn2c1CO. The Labute approximate surface area is 104 Å². The van der Waals surface area contributed by atoms with E-state index in [1.54, 1.807) is 6.20 Å². The van der Waals surface area contributed by atoms with E-state index >= 15 is 0 Å². The van der Waals surface area contributed by atoms with E-state index in [1.807, 2.05) is 46.5 Å². The number of hydrogen-bond acceptors (Lipinski definition) is 3. The van der Waals surface area contributed by atoms with Crippen LogP contribution in [0.3, 0.4) is 0 Å². The third-order valence-corrected chi connectivity index (χ3v) is 3.02. The molecule has 1 N–H and O–H groups in total. The largest absolute Gasteiger partial charge is 0.390 e. The van der Waals surface area contributed by atoms with E-state index < -0.39 is 0 Å². The summed E-state index contributed by atoms with van der Waals surface area (Å²) in [6.07, 6.45) is 6.36. The monoisotopic (exact) mass is 242 g/mol. The summed E-state index contributed by atoms with van der Waals surface area (Å²) in [7, 11) is 0. The van der Waals surface area contributed by atoms with Gasteiger partial charge in [-0.2, -0.15) is 0 Å². The summed E-state index contributed by atoms with van der Waals surface area (Å²) in [5, 5.41) is 9.57. The highest BCUT2D eigenvalue weighted by Crippen LogP contribution is 2.18. The molecule has 3 aromatic rings. The van der Waals surface area contributed by atoms with Gasteiger partial charge in [-0.3, -0.25) is 8.97 Å². The van der Waals surface area contributed by atoms with Crippen molar-refractivity contribution in [2.75, 3.05) is 0 Å². The zero-order chi connectivity index (χ0) is 12.5. The second-order valence-electron chi connectivity index (χ2n) is 4.04. The maximum Gasteiger partial charge on any atom is 0.163 e. The molecule has 3 rings (SSSR count). The summed E-state index contributed by atoms with van der Waals surface area (Å²) in [4.78, 5) is 8.85. The van der Waals surface area contributed by atoms with Crippen molar-refractivity contribution in [2.45, 2.75) is 20.0 Å². The average molecular weight is 242 g/mol. The van der Waals surface area contributed by atoms with Crippen molar-refractivity contribution in [3.05, 3.63) is 48.3 Å². The lowest BCUT2D eigenvalue weighted by molar-refractivity contribution is 0.275. The van der Waals surface area contributed by atoms with Gasteiger partial charge in [0.05, 0.1) is 12.3 Å². The van der Waals surface area contributed by atoms with Gasteiger partial charge in [-0.05, 0) is 12.1 Å². The van der Waals surface area contributed by atoms with Crippen molar-refractivity contribution in [3.8, 4) is 5.82 Å². The smallest absolute Gasteiger partial charge is 0.163 e. The molecule has 0 aliphatic carbocycles. The van der Waals surface area contributed by atoms with Crippen molar-refractivity contribution in [1.82, 2.24) is 18.9 Å². The fraction of sp³-hybridized carbons (Fsp3) is 0.231. The Bertz CT molecular complexity index is 683. The maximum atomic E-state index is 9.57. The van der Waals surface area contributed by atoms with Crippen LogP contribution in [-0.2, 0) is 13.0 Å². The van der Waals surface area contributed by atoms with Gasteiger partial charge in [0, 0.05) is 25.0 Å². The van der Waals surface area contributed by atoms with Crippen LogP contribution >= 0.6 is 0 Å². The van der Waals surface area contributed by atoms with Crippen molar-refractivity contribution >= 4 is 5.65 Å². The lowest BCUT2D eigenvalue weighted by Gasteiger charge is -2.05.